The molecule has 5 heteroatoms. The van der Waals surface area contributed by atoms with Crippen molar-refractivity contribution in [3.05, 3.63) is 69.2 Å². The van der Waals surface area contributed by atoms with Crippen molar-refractivity contribution in [3.8, 4) is 0 Å². The third-order valence-corrected chi connectivity index (χ3v) is 4.22. The van der Waals surface area contributed by atoms with E-state index in [1.54, 1.807) is 42.5 Å². The first kappa shape index (κ1) is 13.7. The zero-order chi connectivity index (χ0) is 15.0. The van der Waals surface area contributed by atoms with Crippen molar-refractivity contribution >= 4 is 34.0 Å². The summed E-state index contributed by atoms with van der Waals surface area (Å²) in [6.45, 7) is 0.0713. The number of benzene rings is 2. The Hall–Kier alpha value is -2.27. The lowest BCUT2D eigenvalue weighted by molar-refractivity contribution is 0.0641. The zero-order valence-corrected chi connectivity index (χ0v) is 12.5. The Morgan fingerprint density at radius 3 is 2.14 bits per heavy atom. The van der Waals surface area contributed by atoms with Crippen LogP contribution in [0.2, 0.25) is 0 Å². The third kappa shape index (κ3) is 2.19. The van der Waals surface area contributed by atoms with Gasteiger partial charge in [0.25, 0.3) is 11.8 Å². The van der Waals surface area contributed by atoms with Crippen LogP contribution in [0.4, 0.5) is 0 Å². The number of carbonyl (C=O) groups excluding carboxylic acids is 3. The molecule has 0 fully saturated rings. The monoisotopic (exact) mass is 343 g/mol. The number of carbonyl (C=O) groups is 3. The standard InChI is InChI=1S/C16H10BrNO3/c17-14-7-3-4-10(9-19)13(14)8-18-15(20)11-5-1-2-6-12(11)16(18)21/h1-7,9H,8H2. The van der Waals surface area contributed by atoms with E-state index < -0.39 is 0 Å². The van der Waals surface area contributed by atoms with Crippen LogP contribution in [0.5, 0.6) is 0 Å². The van der Waals surface area contributed by atoms with Crippen molar-refractivity contribution < 1.29 is 14.4 Å². The second-order valence-electron chi connectivity index (χ2n) is 4.67. The fraction of sp³-hybridized carbons (Fsp3) is 0.0625. The molecule has 2 aromatic carbocycles. The quantitative estimate of drug-likeness (QED) is 0.635. The first-order valence-corrected chi connectivity index (χ1v) is 7.10. The van der Waals surface area contributed by atoms with Crippen molar-refractivity contribution in [2.24, 2.45) is 0 Å². The molecule has 0 radical (unpaired) electrons. The summed E-state index contributed by atoms with van der Waals surface area (Å²) in [6, 6.07) is 11.9. The first-order chi connectivity index (χ1) is 10.1. The van der Waals surface area contributed by atoms with Gasteiger partial charge in [-0.1, -0.05) is 40.2 Å². The molecule has 104 valence electrons. The van der Waals surface area contributed by atoms with Crippen LogP contribution in [0.25, 0.3) is 0 Å². The molecule has 0 aromatic heterocycles. The van der Waals surface area contributed by atoms with E-state index in [-0.39, 0.29) is 18.4 Å². The summed E-state index contributed by atoms with van der Waals surface area (Å²) in [4.78, 5) is 36.9. The van der Waals surface area contributed by atoms with E-state index in [2.05, 4.69) is 15.9 Å². The molecule has 0 atom stereocenters. The fourth-order valence-electron chi connectivity index (χ4n) is 2.39. The smallest absolute Gasteiger partial charge is 0.261 e. The van der Waals surface area contributed by atoms with Gasteiger partial charge in [-0.3, -0.25) is 19.3 Å². The molecule has 0 unspecified atom stereocenters. The molecule has 2 amide bonds. The molecule has 2 aromatic rings. The number of nitrogens with zero attached hydrogens (tertiary/aromatic N) is 1. The number of rotatable bonds is 3. The van der Waals surface area contributed by atoms with Gasteiger partial charge in [0.1, 0.15) is 6.29 Å². The van der Waals surface area contributed by atoms with Crippen LogP contribution in [0.3, 0.4) is 0 Å². The van der Waals surface area contributed by atoms with E-state index in [1.807, 2.05) is 0 Å². The number of hydrogen-bond acceptors (Lipinski definition) is 3. The Morgan fingerprint density at radius 2 is 1.57 bits per heavy atom. The minimum atomic E-state index is -0.330. The molecule has 21 heavy (non-hydrogen) atoms. The maximum absolute atomic E-state index is 12.3. The Labute approximate surface area is 129 Å². The zero-order valence-electron chi connectivity index (χ0n) is 10.9. The fourth-order valence-corrected chi connectivity index (χ4v) is 2.90. The molecule has 0 aliphatic carbocycles. The topological polar surface area (TPSA) is 54.5 Å². The van der Waals surface area contributed by atoms with Crippen LogP contribution in [-0.2, 0) is 6.54 Å². The first-order valence-electron chi connectivity index (χ1n) is 6.31. The molecule has 0 bridgehead atoms. The Bertz CT molecular complexity index is 735. The van der Waals surface area contributed by atoms with E-state index in [0.717, 1.165) is 11.2 Å². The van der Waals surface area contributed by atoms with Crippen LogP contribution < -0.4 is 0 Å². The van der Waals surface area contributed by atoms with Gasteiger partial charge in [-0.2, -0.15) is 0 Å². The highest BCUT2D eigenvalue weighted by Crippen LogP contribution is 2.27. The average molecular weight is 344 g/mol. The second kappa shape index (κ2) is 5.26. The molecule has 1 aliphatic heterocycles. The van der Waals surface area contributed by atoms with E-state index in [9.17, 15) is 14.4 Å². The Morgan fingerprint density at radius 1 is 0.952 bits per heavy atom. The van der Waals surface area contributed by atoms with Gasteiger partial charge in [-0.15, -0.1) is 0 Å². The summed E-state index contributed by atoms with van der Waals surface area (Å²) in [5.41, 5.74) is 1.90. The number of fused-ring (bicyclic) bond motifs is 1. The van der Waals surface area contributed by atoms with E-state index in [4.69, 9.17) is 0 Å². The highest BCUT2D eigenvalue weighted by molar-refractivity contribution is 9.10. The van der Waals surface area contributed by atoms with Crippen molar-refractivity contribution in [3.63, 3.8) is 0 Å². The minimum absolute atomic E-state index is 0.0713. The summed E-state index contributed by atoms with van der Waals surface area (Å²) < 4.78 is 0.698. The number of amides is 2. The summed E-state index contributed by atoms with van der Waals surface area (Å²) >= 11 is 3.36. The van der Waals surface area contributed by atoms with Gasteiger partial charge in [0, 0.05) is 10.0 Å². The molecule has 4 nitrogen and oxygen atoms in total. The minimum Gasteiger partial charge on any atom is -0.298 e. The maximum atomic E-state index is 12.3. The van der Waals surface area contributed by atoms with Crippen LogP contribution in [0.1, 0.15) is 36.6 Å². The van der Waals surface area contributed by atoms with E-state index >= 15 is 0 Å². The summed E-state index contributed by atoms with van der Waals surface area (Å²) in [7, 11) is 0. The van der Waals surface area contributed by atoms with Crippen molar-refractivity contribution in [1.29, 1.82) is 0 Å². The number of aldehydes is 1. The summed E-state index contributed by atoms with van der Waals surface area (Å²) in [5.74, 6) is -0.661. The van der Waals surface area contributed by atoms with Crippen LogP contribution >= 0.6 is 15.9 Å². The Kier molecular flexibility index (Phi) is 3.43. The molecular weight excluding hydrogens is 334 g/mol. The maximum Gasteiger partial charge on any atom is 0.261 e. The van der Waals surface area contributed by atoms with Crippen LogP contribution in [-0.4, -0.2) is 23.0 Å². The highest BCUT2D eigenvalue weighted by atomic mass is 79.9. The SMILES string of the molecule is O=Cc1cccc(Br)c1CN1C(=O)c2ccccc2C1=O. The largest absolute Gasteiger partial charge is 0.298 e. The third-order valence-electron chi connectivity index (χ3n) is 3.48. The lowest BCUT2D eigenvalue weighted by Crippen LogP contribution is -2.29. The molecule has 1 heterocycles. The molecule has 0 saturated heterocycles. The van der Waals surface area contributed by atoms with Gasteiger partial charge in [0.05, 0.1) is 17.7 Å². The van der Waals surface area contributed by atoms with Gasteiger partial charge in [-0.05, 0) is 23.8 Å². The van der Waals surface area contributed by atoms with E-state index in [1.165, 1.54) is 0 Å². The lowest BCUT2D eigenvalue weighted by atomic mass is 10.1. The molecule has 0 spiro atoms. The van der Waals surface area contributed by atoms with Gasteiger partial charge < -0.3 is 0 Å². The molecule has 3 rings (SSSR count). The molecule has 0 N–H and O–H groups in total. The molecular formula is C16H10BrNO3. The predicted molar refractivity (Wildman–Crippen MR) is 80.2 cm³/mol. The van der Waals surface area contributed by atoms with Crippen LogP contribution in [0.15, 0.2) is 46.9 Å². The van der Waals surface area contributed by atoms with Crippen molar-refractivity contribution in [2.45, 2.75) is 6.54 Å². The Balaban J connectivity index is 2.00. The second-order valence-corrected chi connectivity index (χ2v) is 5.52. The summed E-state index contributed by atoms with van der Waals surface area (Å²) in [6.07, 6.45) is 0.720. The highest BCUT2D eigenvalue weighted by Gasteiger charge is 2.35. The van der Waals surface area contributed by atoms with Crippen molar-refractivity contribution in [2.75, 3.05) is 0 Å². The normalized spacial score (nSPS) is 13.5. The number of imide groups is 1. The number of halogens is 1. The van der Waals surface area contributed by atoms with Gasteiger partial charge in [0.15, 0.2) is 0 Å². The average Bonchev–Trinajstić information content (AvgIpc) is 2.74. The van der Waals surface area contributed by atoms with Crippen molar-refractivity contribution in [1.82, 2.24) is 4.90 Å². The molecule has 0 saturated carbocycles. The van der Waals surface area contributed by atoms with Crippen LogP contribution in [0, 0.1) is 0 Å². The van der Waals surface area contributed by atoms with Gasteiger partial charge >= 0.3 is 0 Å². The van der Waals surface area contributed by atoms with Gasteiger partial charge in [0.2, 0.25) is 0 Å². The number of hydrogen-bond donors (Lipinski definition) is 0. The predicted octanol–water partition coefficient (Wildman–Crippen LogP) is 3.06. The van der Waals surface area contributed by atoms with E-state index in [0.29, 0.717) is 26.7 Å². The van der Waals surface area contributed by atoms with Gasteiger partial charge in [-0.25, -0.2) is 0 Å². The summed E-state index contributed by atoms with van der Waals surface area (Å²) in [5, 5.41) is 0. The molecule has 1 aliphatic rings. The lowest BCUT2D eigenvalue weighted by Gasteiger charge is -2.16.